The minimum atomic E-state index is -0.424. The Kier molecular flexibility index (Phi) is 5.69. The third-order valence-electron chi connectivity index (χ3n) is 2.83. The topological polar surface area (TPSA) is 95.1 Å². The second-order valence-corrected chi connectivity index (χ2v) is 4.70. The second kappa shape index (κ2) is 7.04. The van der Waals surface area contributed by atoms with E-state index in [1.54, 1.807) is 20.8 Å². The van der Waals surface area contributed by atoms with Gasteiger partial charge in [-0.15, -0.1) is 0 Å². The fourth-order valence-electron chi connectivity index (χ4n) is 1.79. The Labute approximate surface area is 112 Å². The maximum absolute atomic E-state index is 11.7. The number of hydrogen-bond donors (Lipinski definition) is 3. The Morgan fingerprint density at radius 2 is 2.16 bits per heavy atom. The highest BCUT2D eigenvalue weighted by atomic mass is 16.3. The maximum Gasteiger partial charge on any atom is 0.254 e. The number of H-pyrrole nitrogens is 1. The Hall–Kier alpha value is -1.69. The largest absolute Gasteiger partial charge is 0.393 e. The van der Waals surface area contributed by atoms with Gasteiger partial charge in [-0.05, 0) is 33.6 Å². The van der Waals surface area contributed by atoms with Crippen LogP contribution in [0.2, 0.25) is 0 Å². The number of hydrogen-bond acceptors (Lipinski definition) is 4. The van der Waals surface area contributed by atoms with Crippen LogP contribution in [0.3, 0.4) is 0 Å². The number of rotatable bonds is 6. The molecule has 1 unspecified atom stereocenters. The number of carbonyl (C=O) groups excluding carboxylic acids is 1. The molecule has 0 saturated heterocycles. The molecule has 0 aliphatic carbocycles. The van der Waals surface area contributed by atoms with Crippen molar-refractivity contribution in [3.05, 3.63) is 27.4 Å². The van der Waals surface area contributed by atoms with E-state index in [0.717, 1.165) is 0 Å². The van der Waals surface area contributed by atoms with E-state index in [2.05, 4.69) is 15.3 Å². The zero-order valence-electron chi connectivity index (χ0n) is 11.6. The number of carbonyl (C=O) groups is 1. The molecule has 1 heterocycles. The van der Waals surface area contributed by atoms with Gasteiger partial charge in [-0.3, -0.25) is 9.59 Å². The van der Waals surface area contributed by atoms with Gasteiger partial charge in [0.2, 0.25) is 5.91 Å². The van der Waals surface area contributed by atoms with E-state index in [4.69, 9.17) is 5.11 Å². The summed E-state index contributed by atoms with van der Waals surface area (Å²) >= 11 is 0. The highest BCUT2D eigenvalue weighted by Gasteiger charge is 2.09. The van der Waals surface area contributed by atoms with Crippen LogP contribution < -0.4 is 10.9 Å². The smallest absolute Gasteiger partial charge is 0.254 e. The monoisotopic (exact) mass is 267 g/mol. The molecule has 0 fully saturated rings. The molecule has 1 aromatic rings. The van der Waals surface area contributed by atoms with Gasteiger partial charge in [0.1, 0.15) is 5.82 Å². The van der Waals surface area contributed by atoms with Crippen molar-refractivity contribution >= 4 is 5.91 Å². The molecule has 0 spiro atoms. The van der Waals surface area contributed by atoms with E-state index < -0.39 is 6.10 Å². The number of aryl methyl sites for hydroxylation is 2. The lowest BCUT2D eigenvalue weighted by Crippen LogP contribution is -2.27. The van der Waals surface area contributed by atoms with Gasteiger partial charge in [0.15, 0.2) is 0 Å². The summed E-state index contributed by atoms with van der Waals surface area (Å²) in [7, 11) is 0. The molecule has 19 heavy (non-hydrogen) atoms. The van der Waals surface area contributed by atoms with Gasteiger partial charge in [-0.2, -0.15) is 0 Å². The van der Waals surface area contributed by atoms with Crippen molar-refractivity contribution < 1.29 is 9.90 Å². The van der Waals surface area contributed by atoms with Crippen LogP contribution in [-0.2, 0) is 11.2 Å². The summed E-state index contributed by atoms with van der Waals surface area (Å²) in [5.41, 5.74) is 1.04. The summed E-state index contributed by atoms with van der Waals surface area (Å²) in [5.74, 6) is 0.452. The Morgan fingerprint density at radius 3 is 2.74 bits per heavy atom. The summed E-state index contributed by atoms with van der Waals surface area (Å²) < 4.78 is 0. The first-order valence-corrected chi connectivity index (χ1v) is 6.41. The molecule has 0 bridgehead atoms. The molecule has 0 saturated carbocycles. The van der Waals surface area contributed by atoms with Crippen molar-refractivity contribution in [3.8, 4) is 0 Å². The summed E-state index contributed by atoms with van der Waals surface area (Å²) in [4.78, 5) is 30.1. The maximum atomic E-state index is 11.7. The van der Waals surface area contributed by atoms with Gasteiger partial charge in [-0.25, -0.2) is 4.98 Å². The Balaban J connectivity index is 2.49. The van der Waals surface area contributed by atoms with Gasteiger partial charge >= 0.3 is 0 Å². The van der Waals surface area contributed by atoms with E-state index in [1.807, 2.05) is 0 Å². The van der Waals surface area contributed by atoms with Gasteiger partial charge in [0, 0.05) is 24.2 Å². The molecule has 1 amide bonds. The van der Waals surface area contributed by atoms with Gasteiger partial charge in [0.05, 0.1) is 6.10 Å². The lowest BCUT2D eigenvalue weighted by molar-refractivity contribution is -0.121. The molecule has 6 nitrogen and oxygen atoms in total. The Morgan fingerprint density at radius 1 is 1.47 bits per heavy atom. The fourth-order valence-corrected chi connectivity index (χ4v) is 1.79. The van der Waals surface area contributed by atoms with E-state index >= 15 is 0 Å². The van der Waals surface area contributed by atoms with Gasteiger partial charge in [0.25, 0.3) is 5.56 Å². The van der Waals surface area contributed by atoms with Crippen LogP contribution in [0.1, 0.15) is 36.8 Å². The SMILES string of the molecule is Cc1nc(C)c(CCC(=O)NCCC(C)O)c(=O)[nH]1. The second-order valence-electron chi connectivity index (χ2n) is 4.70. The average molecular weight is 267 g/mol. The van der Waals surface area contributed by atoms with Crippen LogP contribution in [0.5, 0.6) is 0 Å². The first kappa shape index (κ1) is 15.4. The highest BCUT2D eigenvalue weighted by molar-refractivity contribution is 5.76. The first-order chi connectivity index (χ1) is 8.90. The molecule has 1 aromatic heterocycles. The van der Waals surface area contributed by atoms with Crippen molar-refractivity contribution in [2.45, 2.75) is 46.1 Å². The molecular formula is C13H21N3O3. The number of aromatic nitrogens is 2. The lowest BCUT2D eigenvalue weighted by Gasteiger charge is -2.07. The minimum absolute atomic E-state index is 0.125. The highest BCUT2D eigenvalue weighted by Crippen LogP contribution is 2.02. The van der Waals surface area contributed by atoms with E-state index in [0.29, 0.717) is 36.5 Å². The number of aliphatic hydroxyl groups excluding tert-OH is 1. The number of nitrogens with zero attached hydrogens (tertiary/aromatic N) is 1. The summed E-state index contributed by atoms with van der Waals surface area (Å²) in [6.45, 7) is 5.61. The fraction of sp³-hybridized carbons (Fsp3) is 0.615. The lowest BCUT2D eigenvalue weighted by atomic mass is 10.1. The van der Waals surface area contributed by atoms with Crippen molar-refractivity contribution in [2.75, 3.05) is 6.54 Å². The van der Waals surface area contributed by atoms with Crippen molar-refractivity contribution in [1.29, 1.82) is 0 Å². The van der Waals surface area contributed by atoms with Crippen LogP contribution in [0, 0.1) is 13.8 Å². The average Bonchev–Trinajstić information content (AvgIpc) is 2.26. The molecule has 0 radical (unpaired) electrons. The third kappa shape index (κ3) is 5.21. The zero-order valence-corrected chi connectivity index (χ0v) is 11.6. The summed E-state index contributed by atoms with van der Waals surface area (Å²) in [6, 6.07) is 0. The number of aliphatic hydroxyl groups is 1. The van der Waals surface area contributed by atoms with Gasteiger partial charge in [-0.1, -0.05) is 0 Å². The van der Waals surface area contributed by atoms with Crippen molar-refractivity contribution in [2.24, 2.45) is 0 Å². The van der Waals surface area contributed by atoms with Gasteiger partial charge < -0.3 is 15.4 Å². The molecule has 1 atom stereocenters. The number of nitrogens with one attached hydrogen (secondary N) is 2. The normalized spacial score (nSPS) is 12.2. The molecule has 0 aliphatic heterocycles. The predicted molar refractivity (Wildman–Crippen MR) is 72.0 cm³/mol. The third-order valence-corrected chi connectivity index (χ3v) is 2.83. The van der Waals surface area contributed by atoms with Crippen LogP contribution >= 0.6 is 0 Å². The quantitative estimate of drug-likeness (QED) is 0.686. The van der Waals surface area contributed by atoms with E-state index in [1.165, 1.54) is 0 Å². The first-order valence-electron chi connectivity index (χ1n) is 6.41. The van der Waals surface area contributed by atoms with Crippen LogP contribution in [0.4, 0.5) is 0 Å². The molecule has 6 heteroatoms. The molecular weight excluding hydrogens is 246 g/mol. The zero-order chi connectivity index (χ0) is 14.4. The number of aromatic amines is 1. The molecule has 0 aliphatic rings. The molecule has 0 aromatic carbocycles. The van der Waals surface area contributed by atoms with Crippen LogP contribution in [-0.4, -0.2) is 33.6 Å². The molecule has 106 valence electrons. The number of amides is 1. The standard InChI is InChI=1S/C13H21N3O3/c1-8(17)6-7-14-12(18)5-4-11-9(2)15-10(3)16-13(11)19/h8,17H,4-7H2,1-3H3,(H,14,18)(H,15,16,19). The van der Waals surface area contributed by atoms with E-state index in [-0.39, 0.29) is 17.9 Å². The summed E-state index contributed by atoms with van der Waals surface area (Å²) in [5, 5.41) is 11.8. The van der Waals surface area contributed by atoms with E-state index in [9.17, 15) is 9.59 Å². The van der Waals surface area contributed by atoms with Crippen LogP contribution in [0.25, 0.3) is 0 Å². The summed E-state index contributed by atoms with van der Waals surface area (Å²) in [6.07, 6.45) is 0.715. The van der Waals surface area contributed by atoms with Crippen molar-refractivity contribution in [1.82, 2.24) is 15.3 Å². The minimum Gasteiger partial charge on any atom is -0.393 e. The Bertz CT molecular complexity index is 494. The van der Waals surface area contributed by atoms with Crippen molar-refractivity contribution in [3.63, 3.8) is 0 Å². The predicted octanol–water partition coefficient (Wildman–Crippen LogP) is 0.206. The van der Waals surface area contributed by atoms with Crippen LogP contribution in [0.15, 0.2) is 4.79 Å². The molecule has 3 N–H and O–H groups in total. The molecule has 1 rings (SSSR count).